The Morgan fingerprint density at radius 3 is 2.67 bits per heavy atom. The molecule has 0 aromatic heterocycles. The van der Waals surface area contributed by atoms with Gasteiger partial charge in [-0.05, 0) is 25.2 Å². The molecule has 1 aliphatic rings. The van der Waals surface area contributed by atoms with Crippen LogP contribution in [0.4, 0.5) is 0 Å². The molecule has 1 saturated carbocycles. The van der Waals surface area contributed by atoms with Gasteiger partial charge >= 0.3 is 0 Å². The zero-order valence-electron chi connectivity index (χ0n) is 6.27. The topological polar surface area (TPSA) is 26.0 Å². The van der Waals surface area contributed by atoms with E-state index in [1.807, 2.05) is 0 Å². The summed E-state index contributed by atoms with van der Waals surface area (Å²) in [7, 11) is 0. The molecule has 54 valence electrons. The monoisotopic (exact) mass is 127 g/mol. The van der Waals surface area contributed by atoms with E-state index >= 15 is 0 Å². The highest BCUT2D eigenvalue weighted by Crippen LogP contribution is 2.20. The Morgan fingerprint density at radius 1 is 1.11 bits per heavy atom. The molecule has 2 N–H and O–H groups in total. The molecule has 1 fully saturated rings. The lowest BCUT2D eigenvalue weighted by Crippen LogP contribution is -2.17. The third-order valence-electron chi connectivity index (χ3n) is 2.30. The van der Waals surface area contributed by atoms with E-state index in [1.165, 1.54) is 32.1 Å². The average molecular weight is 127 g/mol. The van der Waals surface area contributed by atoms with Crippen molar-refractivity contribution in [3.63, 3.8) is 0 Å². The van der Waals surface area contributed by atoms with Crippen LogP contribution in [-0.2, 0) is 0 Å². The van der Waals surface area contributed by atoms with Crippen LogP contribution in [0.25, 0.3) is 0 Å². The van der Waals surface area contributed by atoms with Gasteiger partial charge in [-0.25, -0.2) is 0 Å². The number of nitrogens with two attached hydrogens (primary N) is 1. The van der Waals surface area contributed by atoms with E-state index < -0.39 is 0 Å². The lowest BCUT2D eigenvalue weighted by molar-refractivity contribution is 0.499. The molecule has 1 rings (SSSR count). The Kier molecular flexibility index (Phi) is 2.52. The van der Waals surface area contributed by atoms with E-state index in [-0.39, 0.29) is 0 Å². The van der Waals surface area contributed by atoms with E-state index in [0.717, 1.165) is 5.92 Å². The van der Waals surface area contributed by atoms with Crippen LogP contribution in [0.3, 0.4) is 0 Å². The predicted molar refractivity (Wildman–Crippen MR) is 40.2 cm³/mol. The Balaban J connectivity index is 2.25. The van der Waals surface area contributed by atoms with Crippen LogP contribution in [0.1, 0.15) is 39.0 Å². The van der Waals surface area contributed by atoms with Crippen LogP contribution in [-0.4, -0.2) is 6.04 Å². The van der Waals surface area contributed by atoms with Gasteiger partial charge in [0.15, 0.2) is 0 Å². The molecule has 2 atom stereocenters. The second kappa shape index (κ2) is 3.21. The molecule has 0 heterocycles. The maximum absolute atomic E-state index is 5.80. The summed E-state index contributed by atoms with van der Waals surface area (Å²) in [6.07, 6.45) is 6.60. The molecule has 9 heavy (non-hydrogen) atoms. The minimum Gasteiger partial charge on any atom is -0.328 e. The fourth-order valence-electron chi connectivity index (χ4n) is 1.52. The summed E-state index contributed by atoms with van der Waals surface area (Å²) in [4.78, 5) is 0. The van der Waals surface area contributed by atoms with Crippen molar-refractivity contribution in [1.29, 1.82) is 0 Å². The first-order chi connectivity index (χ1) is 4.29. The SMILES string of the molecule is CC1CCC[C@H](N)CC1. The van der Waals surface area contributed by atoms with Crippen LogP contribution < -0.4 is 5.73 Å². The zero-order chi connectivity index (χ0) is 6.69. The van der Waals surface area contributed by atoms with E-state index in [0.29, 0.717) is 6.04 Å². The van der Waals surface area contributed by atoms with Crippen molar-refractivity contribution in [2.75, 3.05) is 0 Å². The van der Waals surface area contributed by atoms with Gasteiger partial charge in [-0.2, -0.15) is 0 Å². The molecule has 0 spiro atoms. The Bertz CT molecular complexity index is 70.6. The first-order valence-electron chi connectivity index (χ1n) is 4.04. The van der Waals surface area contributed by atoms with Gasteiger partial charge in [-0.15, -0.1) is 0 Å². The van der Waals surface area contributed by atoms with Gasteiger partial charge in [0.05, 0.1) is 0 Å². The predicted octanol–water partition coefficient (Wildman–Crippen LogP) is 1.91. The largest absolute Gasteiger partial charge is 0.328 e. The van der Waals surface area contributed by atoms with Crippen molar-refractivity contribution in [3.05, 3.63) is 0 Å². The molecule has 1 unspecified atom stereocenters. The minimum atomic E-state index is 0.509. The molecule has 0 aromatic rings. The van der Waals surface area contributed by atoms with Gasteiger partial charge in [0, 0.05) is 6.04 Å². The summed E-state index contributed by atoms with van der Waals surface area (Å²) in [6.45, 7) is 2.33. The third kappa shape index (κ3) is 2.35. The van der Waals surface area contributed by atoms with Crippen molar-refractivity contribution >= 4 is 0 Å². The lowest BCUT2D eigenvalue weighted by atomic mass is 10.0. The molecule has 1 heteroatoms. The summed E-state index contributed by atoms with van der Waals surface area (Å²) >= 11 is 0. The third-order valence-corrected chi connectivity index (χ3v) is 2.30. The van der Waals surface area contributed by atoms with Gasteiger partial charge in [0.25, 0.3) is 0 Å². The second-order valence-corrected chi connectivity index (χ2v) is 3.37. The Morgan fingerprint density at radius 2 is 1.89 bits per heavy atom. The quantitative estimate of drug-likeness (QED) is 0.494. The Hall–Kier alpha value is -0.0400. The van der Waals surface area contributed by atoms with Gasteiger partial charge < -0.3 is 5.73 Å². The highest BCUT2D eigenvalue weighted by molar-refractivity contribution is 4.69. The van der Waals surface area contributed by atoms with Crippen molar-refractivity contribution in [3.8, 4) is 0 Å². The first-order valence-corrected chi connectivity index (χ1v) is 4.04. The molecule has 0 radical (unpaired) electrons. The first kappa shape index (κ1) is 7.07. The van der Waals surface area contributed by atoms with Crippen LogP contribution in [0.2, 0.25) is 0 Å². The van der Waals surface area contributed by atoms with Gasteiger partial charge in [0.2, 0.25) is 0 Å². The smallest absolute Gasteiger partial charge is 0.00389 e. The molecule has 0 aromatic carbocycles. The number of hydrogen-bond donors (Lipinski definition) is 1. The molecule has 0 saturated heterocycles. The molecule has 0 bridgehead atoms. The van der Waals surface area contributed by atoms with Crippen molar-refractivity contribution in [2.24, 2.45) is 11.7 Å². The average Bonchev–Trinajstić information content (AvgIpc) is 1.97. The van der Waals surface area contributed by atoms with Crippen LogP contribution in [0.5, 0.6) is 0 Å². The van der Waals surface area contributed by atoms with Crippen molar-refractivity contribution < 1.29 is 0 Å². The molecule has 0 amide bonds. The van der Waals surface area contributed by atoms with E-state index in [4.69, 9.17) is 5.73 Å². The maximum atomic E-state index is 5.80. The summed E-state index contributed by atoms with van der Waals surface area (Å²) in [5, 5.41) is 0. The maximum Gasteiger partial charge on any atom is 0.00389 e. The molecule has 1 nitrogen and oxygen atoms in total. The number of hydrogen-bond acceptors (Lipinski definition) is 1. The second-order valence-electron chi connectivity index (χ2n) is 3.37. The summed E-state index contributed by atoms with van der Waals surface area (Å²) < 4.78 is 0. The van der Waals surface area contributed by atoms with E-state index in [1.54, 1.807) is 0 Å². The van der Waals surface area contributed by atoms with Crippen LogP contribution in [0.15, 0.2) is 0 Å². The highest BCUT2D eigenvalue weighted by Gasteiger charge is 2.11. The molecular weight excluding hydrogens is 110 g/mol. The Labute approximate surface area is 57.6 Å². The normalized spacial score (nSPS) is 38.0. The van der Waals surface area contributed by atoms with Gasteiger partial charge in [-0.1, -0.05) is 19.8 Å². The fourth-order valence-corrected chi connectivity index (χ4v) is 1.52. The zero-order valence-corrected chi connectivity index (χ0v) is 6.27. The van der Waals surface area contributed by atoms with E-state index in [2.05, 4.69) is 6.92 Å². The molecule has 1 aliphatic carbocycles. The lowest BCUT2D eigenvalue weighted by Gasteiger charge is -2.05. The molecule has 0 aliphatic heterocycles. The summed E-state index contributed by atoms with van der Waals surface area (Å²) in [6, 6.07) is 0.509. The summed E-state index contributed by atoms with van der Waals surface area (Å²) in [5.74, 6) is 0.929. The highest BCUT2D eigenvalue weighted by atomic mass is 14.6. The fraction of sp³-hybridized carbons (Fsp3) is 1.00. The standard InChI is InChI=1S/C8H17N/c1-7-3-2-4-8(9)6-5-7/h7-8H,2-6,9H2,1H3/t7?,8-/m0/s1. The van der Waals surface area contributed by atoms with Gasteiger partial charge in [0.1, 0.15) is 0 Å². The summed E-state index contributed by atoms with van der Waals surface area (Å²) in [5.41, 5.74) is 5.80. The van der Waals surface area contributed by atoms with Gasteiger partial charge in [-0.3, -0.25) is 0 Å². The van der Waals surface area contributed by atoms with E-state index in [9.17, 15) is 0 Å². The van der Waals surface area contributed by atoms with Crippen LogP contribution >= 0.6 is 0 Å². The van der Waals surface area contributed by atoms with Crippen molar-refractivity contribution in [1.82, 2.24) is 0 Å². The molecular formula is C8H17N. The van der Waals surface area contributed by atoms with Crippen molar-refractivity contribution in [2.45, 2.75) is 45.1 Å². The number of rotatable bonds is 0. The minimum absolute atomic E-state index is 0.509. The van der Waals surface area contributed by atoms with Crippen LogP contribution in [0, 0.1) is 5.92 Å².